The second kappa shape index (κ2) is 12.6. The van der Waals surface area contributed by atoms with Gasteiger partial charge in [0.05, 0.1) is 44.2 Å². The molecule has 1 fully saturated rings. The van der Waals surface area contributed by atoms with Crippen molar-refractivity contribution in [2.24, 2.45) is 0 Å². The SMILES string of the molecule is CCOP(=O)(CCOC[C@H]1OC(n2ncc3c(Cl)nc(Cl)nc32)[C@H](OC(C)=O)[C@@H]1OC(C)=O)OCC. The highest BCUT2D eigenvalue weighted by molar-refractivity contribution is 7.53. The highest BCUT2D eigenvalue weighted by Gasteiger charge is 2.51. The molecule has 36 heavy (non-hydrogen) atoms. The van der Waals surface area contributed by atoms with Gasteiger partial charge in [-0.05, 0) is 25.4 Å². The van der Waals surface area contributed by atoms with E-state index in [2.05, 4.69) is 15.1 Å². The van der Waals surface area contributed by atoms with Gasteiger partial charge in [-0.2, -0.15) is 10.1 Å². The monoisotopic (exact) mass is 568 g/mol. The average Bonchev–Trinajstić information content (AvgIpc) is 3.33. The fourth-order valence-corrected chi connectivity index (χ4v) is 5.57. The minimum Gasteiger partial charge on any atom is -0.456 e. The van der Waals surface area contributed by atoms with Gasteiger partial charge in [-0.15, -0.1) is 0 Å². The molecule has 0 N–H and O–H groups in total. The van der Waals surface area contributed by atoms with Crippen LogP contribution in [-0.2, 0) is 42.1 Å². The summed E-state index contributed by atoms with van der Waals surface area (Å²) in [4.78, 5) is 31.8. The van der Waals surface area contributed by atoms with Crippen LogP contribution in [0.3, 0.4) is 0 Å². The molecule has 200 valence electrons. The Labute approximate surface area is 217 Å². The van der Waals surface area contributed by atoms with Gasteiger partial charge < -0.3 is 28.0 Å². The molecule has 0 aliphatic carbocycles. The summed E-state index contributed by atoms with van der Waals surface area (Å²) in [6, 6.07) is 0. The maximum atomic E-state index is 12.7. The first-order chi connectivity index (χ1) is 17.1. The molecule has 3 rings (SSSR count). The third-order valence-electron chi connectivity index (χ3n) is 4.95. The van der Waals surface area contributed by atoms with Crippen LogP contribution in [0.5, 0.6) is 0 Å². The Morgan fingerprint density at radius 1 is 1.08 bits per heavy atom. The predicted octanol–water partition coefficient (Wildman–Crippen LogP) is 3.18. The second-order valence-corrected chi connectivity index (χ2v) is 10.4. The van der Waals surface area contributed by atoms with E-state index >= 15 is 0 Å². The van der Waals surface area contributed by atoms with Crippen molar-refractivity contribution in [3.63, 3.8) is 0 Å². The Bertz CT molecular complexity index is 1120. The highest BCUT2D eigenvalue weighted by atomic mass is 35.5. The fourth-order valence-electron chi connectivity index (χ4n) is 3.68. The number of hydrogen-bond acceptors (Lipinski definition) is 12. The molecule has 13 nitrogen and oxygen atoms in total. The molecule has 1 saturated heterocycles. The molecular weight excluding hydrogens is 542 g/mol. The van der Waals surface area contributed by atoms with Crippen LogP contribution in [0.15, 0.2) is 6.20 Å². The van der Waals surface area contributed by atoms with E-state index in [1.807, 2.05) is 0 Å². The van der Waals surface area contributed by atoms with Crippen molar-refractivity contribution < 1.29 is 42.1 Å². The van der Waals surface area contributed by atoms with Crippen LogP contribution in [0.4, 0.5) is 0 Å². The van der Waals surface area contributed by atoms with Gasteiger partial charge in [-0.3, -0.25) is 14.2 Å². The lowest BCUT2D eigenvalue weighted by molar-refractivity contribution is -0.166. The van der Waals surface area contributed by atoms with Crippen LogP contribution in [0, 0.1) is 0 Å². The van der Waals surface area contributed by atoms with E-state index in [1.165, 1.54) is 24.7 Å². The molecule has 0 radical (unpaired) electrons. The first kappa shape index (κ1) is 28.7. The summed E-state index contributed by atoms with van der Waals surface area (Å²) >= 11 is 12.1. The number of fused-ring (bicyclic) bond motifs is 1. The number of nitrogens with zero attached hydrogens (tertiary/aromatic N) is 4. The molecule has 0 aromatic carbocycles. The predicted molar refractivity (Wildman–Crippen MR) is 127 cm³/mol. The van der Waals surface area contributed by atoms with Crippen LogP contribution >= 0.6 is 30.8 Å². The van der Waals surface area contributed by atoms with Crippen molar-refractivity contribution in [2.75, 3.05) is 32.6 Å². The Balaban J connectivity index is 1.84. The Kier molecular flexibility index (Phi) is 10.0. The minimum absolute atomic E-state index is 0.00808. The number of hydrogen-bond donors (Lipinski definition) is 0. The lowest BCUT2D eigenvalue weighted by Gasteiger charge is -2.23. The zero-order valence-corrected chi connectivity index (χ0v) is 22.5. The molecule has 0 spiro atoms. The molecule has 1 unspecified atom stereocenters. The van der Waals surface area contributed by atoms with Gasteiger partial charge in [0.25, 0.3) is 0 Å². The third-order valence-corrected chi connectivity index (χ3v) is 7.44. The van der Waals surface area contributed by atoms with Crippen LogP contribution in [0.25, 0.3) is 11.0 Å². The number of carbonyl (C=O) groups is 2. The number of rotatable bonds is 12. The summed E-state index contributed by atoms with van der Waals surface area (Å²) in [6.45, 7) is 6.20. The third kappa shape index (κ3) is 6.91. The molecule has 16 heteroatoms. The molecular formula is C20H27Cl2N4O9P. The standard InChI is InChI=1S/C20H27Cl2N4O9P/c1-5-31-36(29,32-6-2)8-7-30-10-14-15(33-11(3)27)16(34-12(4)28)19(35-14)26-18-13(9-23-26)17(21)24-20(22)25-18/h9,14-16,19H,5-8,10H2,1-4H3/t14-,15-,16-,19?/m1/s1. The van der Waals surface area contributed by atoms with Crippen molar-refractivity contribution in [1.82, 2.24) is 19.7 Å². The number of carbonyl (C=O) groups excluding carboxylic acids is 2. The van der Waals surface area contributed by atoms with Gasteiger partial charge in [0.2, 0.25) is 5.28 Å². The van der Waals surface area contributed by atoms with Gasteiger partial charge in [0, 0.05) is 13.8 Å². The van der Waals surface area contributed by atoms with E-state index in [0.717, 1.165) is 0 Å². The lowest BCUT2D eigenvalue weighted by Crippen LogP contribution is -2.40. The van der Waals surface area contributed by atoms with Crippen LogP contribution < -0.4 is 0 Å². The van der Waals surface area contributed by atoms with E-state index in [0.29, 0.717) is 5.39 Å². The lowest BCUT2D eigenvalue weighted by atomic mass is 10.1. The highest BCUT2D eigenvalue weighted by Crippen LogP contribution is 2.47. The van der Waals surface area contributed by atoms with Crippen LogP contribution in [0.1, 0.15) is 33.9 Å². The molecule has 1 aliphatic rings. The zero-order chi connectivity index (χ0) is 26.5. The van der Waals surface area contributed by atoms with Crippen LogP contribution in [-0.4, -0.2) is 82.6 Å². The number of esters is 2. The van der Waals surface area contributed by atoms with Gasteiger partial charge in [-0.25, -0.2) is 9.67 Å². The Morgan fingerprint density at radius 2 is 1.72 bits per heavy atom. The van der Waals surface area contributed by atoms with E-state index in [9.17, 15) is 14.2 Å². The molecule has 0 amide bonds. The quantitative estimate of drug-likeness (QED) is 0.121. The van der Waals surface area contributed by atoms with Crippen LogP contribution in [0.2, 0.25) is 10.4 Å². The molecule has 2 aromatic rings. The first-order valence-electron chi connectivity index (χ1n) is 11.1. The number of ether oxygens (including phenoxy) is 4. The second-order valence-electron chi connectivity index (χ2n) is 7.57. The normalized spacial score (nSPS) is 22.2. The van der Waals surface area contributed by atoms with Crippen molar-refractivity contribution in [3.05, 3.63) is 16.6 Å². The largest absolute Gasteiger partial charge is 0.456 e. The number of aromatic nitrogens is 4. The van der Waals surface area contributed by atoms with Crippen molar-refractivity contribution in [1.29, 1.82) is 0 Å². The topological polar surface area (TPSA) is 150 Å². The molecule has 2 aromatic heterocycles. The van der Waals surface area contributed by atoms with E-state index in [4.69, 9.17) is 51.2 Å². The summed E-state index contributed by atoms with van der Waals surface area (Å²) in [5.41, 5.74) is 0.222. The Morgan fingerprint density at radius 3 is 2.33 bits per heavy atom. The minimum atomic E-state index is -3.31. The summed E-state index contributed by atoms with van der Waals surface area (Å²) in [7, 11) is -3.31. The summed E-state index contributed by atoms with van der Waals surface area (Å²) in [5, 5.41) is 4.59. The van der Waals surface area contributed by atoms with E-state index in [-0.39, 0.29) is 48.7 Å². The molecule has 0 saturated carbocycles. The van der Waals surface area contributed by atoms with Gasteiger partial charge in [0.15, 0.2) is 24.1 Å². The average molecular weight is 569 g/mol. The Hall–Kier alpha value is -1.86. The first-order valence-corrected chi connectivity index (χ1v) is 13.6. The van der Waals surface area contributed by atoms with Crippen molar-refractivity contribution in [2.45, 2.75) is 52.2 Å². The molecule has 4 atom stereocenters. The molecule has 1 aliphatic heterocycles. The van der Waals surface area contributed by atoms with Gasteiger partial charge in [0.1, 0.15) is 11.3 Å². The fraction of sp³-hybridized carbons (Fsp3) is 0.650. The van der Waals surface area contributed by atoms with Crippen molar-refractivity contribution in [3.8, 4) is 0 Å². The molecule has 0 bridgehead atoms. The number of halogens is 2. The maximum absolute atomic E-state index is 12.7. The maximum Gasteiger partial charge on any atom is 0.332 e. The van der Waals surface area contributed by atoms with E-state index < -0.39 is 44.1 Å². The summed E-state index contributed by atoms with van der Waals surface area (Å²) < 4.78 is 47.2. The summed E-state index contributed by atoms with van der Waals surface area (Å²) in [5.74, 6) is -1.26. The van der Waals surface area contributed by atoms with E-state index in [1.54, 1.807) is 13.8 Å². The van der Waals surface area contributed by atoms with Crippen molar-refractivity contribution >= 4 is 53.8 Å². The smallest absolute Gasteiger partial charge is 0.332 e. The zero-order valence-electron chi connectivity index (χ0n) is 20.1. The summed E-state index contributed by atoms with van der Waals surface area (Å²) in [6.07, 6.45) is -2.68. The van der Waals surface area contributed by atoms with Gasteiger partial charge in [-0.1, -0.05) is 11.6 Å². The molecule has 3 heterocycles. The van der Waals surface area contributed by atoms with Gasteiger partial charge >= 0.3 is 19.5 Å².